The Morgan fingerprint density at radius 1 is 0.905 bits per heavy atom. The summed E-state index contributed by atoms with van der Waals surface area (Å²) in [6, 6.07) is 11.9. The molecular weight excluding hydrogens is 336 g/mol. The molecule has 0 aliphatic rings. The lowest BCUT2D eigenvalue weighted by molar-refractivity contribution is 0.0695. The predicted molar refractivity (Wildman–Crippen MR) is 82.2 cm³/mol. The highest BCUT2D eigenvalue weighted by molar-refractivity contribution is 9.08. The van der Waals surface area contributed by atoms with E-state index in [0.29, 0.717) is 17.3 Å². The molecule has 0 atom stereocenters. The van der Waals surface area contributed by atoms with Gasteiger partial charge in [-0.05, 0) is 35.2 Å². The Morgan fingerprint density at radius 3 is 2.14 bits per heavy atom. The molecule has 108 valence electrons. The molecule has 21 heavy (non-hydrogen) atoms. The van der Waals surface area contributed by atoms with Gasteiger partial charge in [0.05, 0.1) is 11.1 Å². The van der Waals surface area contributed by atoms with Crippen LogP contribution in [0.2, 0.25) is 0 Å². The number of hydrogen-bond donors (Lipinski definition) is 2. The molecule has 0 unspecified atom stereocenters. The van der Waals surface area contributed by atoms with Crippen LogP contribution in [0.25, 0.3) is 0 Å². The lowest BCUT2D eigenvalue weighted by Gasteiger charge is -2.10. The van der Waals surface area contributed by atoms with E-state index in [1.165, 1.54) is 12.1 Å². The molecule has 0 amide bonds. The van der Waals surface area contributed by atoms with E-state index in [9.17, 15) is 14.7 Å². The summed E-state index contributed by atoms with van der Waals surface area (Å²) in [7, 11) is 0. The molecule has 2 aromatic carbocycles. The third-order valence-corrected chi connectivity index (χ3v) is 3.83. The van der Waals surface area contributed by atoms with Crippen LogP contribution in [-0.2, 0) is 11.8 Å². The summed E-state index contributed by atoms with van der Waals surface area (Å²) in [6.45, 7) is 0. The van der Waals surface area contributed by atoms with Crippen LogP contribution in [0.5, 0.6) is 0 Å². The van der Waals surface area contributed by atoms with Crippen LogP contribution < -0.4 is 0 Å². The fourth-order valence-corrected chi connectivity index (χ4v) is 2.68. The summed E-state index contributed by atoms with van der Waals surface area (Å²) in [6.07, 6.45) is 0.448. The van der Waals surface area contributed by atoms with E-state index in [2.05, 4.69) is 15.9 Å². The third-order valence-electron chi connectivity index (χ3n) is 3.23. The van der Waals surface area contributed by atoms with Gasteiger partial charge in [-0.15, -0.1) is 0 Å². The number of carbonyl (C=O) groups is 2. The standard InChI is InChI=1S/C16H13BrO4/c17-9-13-4-2-1-3-10(13)7-11-5-6-12(15(18)19)8-14(11)16(20)21/h1-6,8H,7,9H2,(H,18,19)(H,20,21). The van der Waals surface area contributed by atoms with Crippen LogP contribution >= 0.6 is 15.9 Å². The maximum absolute atomic E-state index is 11.3. The molecule has 5 heteroatoms. The van der Waals surface area contributed by atoms with Crippen molar-refractivity contribution in [3.8, 4) is 0 Å². The highest BCUT2D eigenvalue weighted by Crippen LogP contribution is 2.20. The van der Waals surface area contributed by atoms with Gasteiger partial charge in [0.1, 0.15) is 0 Å². The molecule has 0 bridgehead atoms. The molecule has 0 aromatic heterocycles. The molecular formula is C16H13BrO4. The van der Waals surface area contributed by atoms with Crippen molar-refractivity contribution in [3.63, 3.8) is 0 Å². The topological polar surface area (TPSA) is 74.6 Å². The van der Waals surface area contributed by atoms with Crippen molar-refractivity contribution in [2.24, 2.45) is 0 Å². The Balaban J connectivity index is 2.44. The zero-order valence-corrected chi connectivity index (χ0v) is 12.6. The largest absolute Gasteiger partial charge is 0.478 e. The van der Waals surface area contributed by atoms with Crippen molar-refractivity contribution in [1.82, 2.24) is 0 Å². The minimum Gasteiger partial charge on any atom is -0.478 e. The number of carboxylic acids is 2. The second-order valence-corrected chi connectivity index (χ2v) is 5.12. The van der Waals surface area contributed by atoms with Crippen LogP contribution in [0.4, 0.5) is 0 Å². The second-order valence-electron chi connectivity index (χ2n) is 4.56. The molecule has 0 spiro atoms. The zero-order valence-electron chi connectivity index (χ0n) is 11.0. The Morgan fingerprint density at radius 2 is 1.57 bits per heavy atom. The van der Waals surface area contributed by atoms with Crippen molar-refractivity contribution < 1.29 is 19.8 Å². The fourth-order valence-electron chi connectivity index (χ4n) is 2.13. The molecule has 2 aromatic rings. The zero-order chi connectivity index (χ0) is 15.4. The monoisotopic (exact) mass is 348 g/mol. The Hall–Kier alpha value is -2.14. The van der Waals surface area contributed by atoms with Crippen molar-refractivity contribution in [3.05, 3.63) is 70.3 Å². The molecule has 0 aliphatic heterocycles. The van der Waals surface area contributed by atoms with Gasteiger partial charge in [0.2, 0.25) is 0 Å². The number of benzene rings is 2. The first kappa shape index (κ1) is 15.3. The van der Waals surface area contributed by atoms with E-state index in [1.807, 2.05) is 24.3 Å². The van der Waals surface area contributed by atoms with E-state index in [4.69, 9.17) is 5.11 Å². The van der Waals surface area contributed by atoms with Crippen LogP contribution in [0.3, 0.4) is 0 Å². The maximum atomic E-state index is 11.3. The molecule has 0 saturated heterocycles. The van der Waals surface area contributed by atoms with Gasteiger partial charge in [0.15, 0.2) is 0 Å². The first-order chi connectivity index (χ1) is 10.0. The molecule has 2 rings (SSSR count). The van der Waals surface area contributed by atoms with E-state index in [1.54, 1.807) is 6.07 Å². The summed E-state index contributed by atoms with van der Waals surface area (Å²) >= 11 is 3.41. The lowest BCUT2D eigenvalue weighted by Crippen LogP contribution is -2.07. The number of alkyl halides is 1. The van der Waals surface area contributed by atoms with E-state index >= 15 is 0 Å². The quantitative estimate of drug-likeness (QED) is 0.810. The van der Waals surface area contributed by atoms with Crippen molar-refractivity contribution >= 4 is 27.9 Å². The minimum atomic E-state index is -1.13. The summed E-state index contributed by atoms with van der Waals surface area (Å²) < 4.78 is 0. The van der Waals surface area contributed by atoms with Crippen LogP contribution in [0, 0.1) is 0 Å². The predicted octanol–water partition coefficient (Wildman–Crippen LogP) is 3.57. The van der Waals surface area contributed by atoms with Crippen LogP contribution in [0.1, 0.15) is 37.4 Å². The molecule has 2 N–H and O–H groups in total. The Bertz CT molecular complexity index is 694. The van der Waals surface area contributed by atoms with Gasteiger partial charge in [0.25, 0.3) is 0 Å². The SMILES string of the molecule is O=C(O)c1ccc(Cc2ccccc2CBr)c(C(=O)O)c1. The normalized spacial score (nSPS) is 10.3. The van der Waals surface area contributed by atoms with Gasteiger partial charge in [-0.1, -0.05) is 46.3 Å². The third kappa shape index (κ3) is 3.49. The van der Waals surface area contributed by atoms with Crippen molar-refractivity contribution in [2.75, 3.05) is 0 Å². The van der Waals surface area contributed by atoms with Crippen LogP contribution in [-0.4, -0.2) is 22.2 Å². The van der Waals surface area contributed by atoms with Gasteiger partial charge in [-0.3, -0.25) is 0 Å². The number of hydrogen-bond acceptors (Lipinski definition) is 2. The van der Waals surface area contributed by atoms with Gasteiger partial charge < -0.3 is 10.2 Å². The molecule has 0 saturated carbocycles. The second kappa shape index (κ2) is 6.54. The van der Waals surface area contributed by atoms with Gasteiger partial charge in [-0.2, -0.15) is 0 Å². The fraction of sp³-hybridized carbons (Fsp3) is 0.125. The average molecular weight is 349 g/mol. The summed E-state index contributed by atoms with van der Waals surface area (Å²) in [5.74, 6) is -2.26. The number of aromatic carboxylic acids is 2. The molecule has 0 radical (unpaired) electrons. The number of rotatable bonds is 5. The molecule has 0 fully saturated rings. The Labute approximate surface area is 130 Å². The van der Waals surface area contributed by atoms with Crippen molar-refractivity contribution in [1.29, 1.82) is 0 Å². The number of carboxylic acid groups (broad SMARTS) is 2. The van der Waals surface area contributed by atoms with Gasteiger partial charge >= 0.3 is 11.9 Å². The molecule has 0 aliphatic carbocycles. The summed E-state index contributed by atoms with van der Waals surface area (Å²) in [5, 5.41) is 18.9. The molecule has 0 heterocycles. The van der Waals surface area contributed by atoms with E-state index in [-0.39, 0.29) is 11.1 Å². The average Bonchev–Trinajstić information content (AvgIpc) is 2.47. The van der Waals surface area contributed by atoms with Gasteiger partial charge in [-0.25, -0.2) is 9.59 Å². The summed E-state index contributed by atoms with van der Waals surface area (Å²) in [4.78, 5) is 22.3. The lowest BCUT2D eigenvalue weighted by atomic mass is 9.95. The van der Waals surface area contributed by atoms with Crippen LogP contribution in [0.15, 0.2) is 42.5 Å². The summed E-state index contributed by atoms with van der Waals surface area (Å²) in [5.41, 5.74) is 2.70. The Kier molecular flexibility index (Phi) is 4.75. The smallest absolute Gasteiger partial charge is 0.336 e. The van der Waals surface area contributed by atoms with Crippen molar-refractivity contribution in [2.45, 2.75) is 11.8 Å². The number of halogens is 1. The maximum Gasteiger partial charge on any atom is 0.336 e. The highest BCUT2D eigenvalue weighted by atomic mass is 79.9. The minimum absolute atomic E-state index is 0.0232. The van der Waals surface area contributed by atoms with E-state index < -0.39 is 11.9 Å². The van der Waals surface area contributed by atoms with Gasteiger partial charge in [0, 0.05) is 5.33 Å². The molecule has 4 nitrogen and oxygen atoms in total. The van der Waals surface area contributed by atoms with E-state index in [0.717, 1.165) is 11.1 Å². The first-order valence-corrected chi connectivity index (χ1v) is 7.37. The first-order valence-electron chi connectivity index (χ1n) is 6.25. The highest BCUT2D eigenvalue weighted by Gasteiger charge is 2.15.